The fraction of sp³-hybridized carbons (Fsp3) is 0.942. The van der Waals surface area contributed by atoms with Crippen LogP contribution >= 0.6 is 0 Å². The van der Waals surface area contributed by atoms with Crippen LogP contribution in [0.3, 0.4) is 0 Å². The quantitative estimate of drug-likeness (QED) is 0.0361. The van der Waals surface area contributed by atoms with Crippen molar-refractivity contribution in [3.63, 3.8) is 0 Å². The second-order valence-corrected chi connectivity index (χ2v) is 18.5. The van der Waals surface area contributed by atoms with E-state index in [1.165, 1.54) is 199 Å². The molecule has 1 fully saturated rings. The minimum Gasteiger partial charge on any atom is -0.483 e. The first-order chi connectivity index (χ1) is 28.9. The standard InChI is InChI=1S/C51H100N2O3.CH2O2/c1-5-9-23-33-47(34-24-10-6-2)37-27-19-15-13-14-16-20-28-38-49(52-50(54)41-45-53-43-31-32-44-53)39-29-21-17-18-22-30-40-51(55)56-46-42-48(35-25-11-7-3)36-26-12-8-4;2-1-3/h47-49H,5-46H2,1-4H3,(H,52,54);1H,(H,2,3). The molecule has 7 nitrogen and oxygen atoms in total. The Morgan fingerprint density at radius 1 is 0.525 bits per heavy atom. The predicted octanol–water partition coefficient (Wildman–Crippen LogP) is 15.2. The highest BCUT2D eigenvalue weighted by molar-refractivity contribution is 5.76. The lowest BCUT2D eigenvalue weighted by molar-refractivity contribution is -0.144. The number of carbonyl (C=O) groups excluding carboxylic acids is 2. The van der Waals surface area contributed by atoms with E-state index in [0.717, 1.165) is 63.6 Å². The molecule has 0 spiro atoms. The largest absolute Gasteiger partial charge is 0.483 e. The number of carboxylic acid groups (broad SMARTS) is 1. The van der Waals surface area contributed by atoms with E-state index in [4.69, 9.17) is 14.6 Å². The van der Waals surface area contributed by atoms with Crippen LogP contribution in [0.2, 0.25) is 0 Å². The van der Waals surface area contributed by atoms with Crippen molar-refractivity contribution < 1.29 is 24.2 Å². The summed E-state index contributed by atoms with van der Waals surface area (Å²) < 4.78 is 5.66. The van der Waals surface area contributed by atoms with Gasteiger partial charge in [-0.1, -0.05) is 220 Å². The molecule has 1 heterocycles. The summed E-state index contributed by atoms with van der Waals surface area (Å²) >= 11 is 0. The van der Waals surface area contributed by atoms with Gasteiger partial charge < -0.3 is 20.1 Å². The third kappa shape index (κ3) is 40.2. The molecule has 0 radical (unpaired) electrons. The van der Waals surface area contributed by atoms with Crippen molar-refractivity contribution in [2.45, 2.75) is 278 Å². The number of esters is 1. The average Bonchev–Trinajstić information content (AvgIpc) is 3.76. The van der Waals surface area contributed by atoms with Gasteiger partial charge in [-0.3, -0.25) is 14.4 Å². The third-order valence-corrected chi connectivity index (χ3v) is 13.0. The maximum Gasteiger partial charge on any atom is 0.305 e. The summed E-state index contributed by atoms with van der Waals surface area (Å²) in [5.41, 5.74) is 0. The Kier molecular flexibility index (Phi) is 44.6. The molecular weight excluding hydrogens is 733 g/mol. The van der Waals surface area contributed by atoms with E-state index in [-0.39, 0.29) is 18.3 Å². The zero-order chi connectivity index (χ0) is 43.3. The molecule has 59 heavy (non-hydrogen) atoms. The molecule has 2 N–H and O–H groups in total. The summed E-state index contributed by atoms with van der Waals surface area (Å²) in [4.78, 5) is 36.1. The van der Waals surface area contributed by atoms with Gasteiger partial charge in [0.05, 0.1) is 6.61 Å². The van der Waals surface area contributed by atoms with E-state index in [1.807, 2.05) is 0 Å². The first-order valence-electron chi connectivity index (χ1n) is 26.2. The summed E-state index contributed by atoms with van der Waals surface area (Å²) in [5.74, 6) is 1.97. The van der Waals surface area contributed by atoms with E-state index >= 15 is 0 Å². The van der Waals surface area contributed by atoms with Gasteiger partial charge >= 0.3 is 5.97 Å². The van der Waals surface area contributed by atoms with Gasteiger partial charge in [0.1, 0.15) is 0 Å². The van der Waals surface area contributed by atoms with E-state index in [0.29, 0.717) is 25.5 Å². The van der Waals surface area contributed by atoms with Gasteiger partial charge in [0.15, 0.2) is 0 Å². The summed E-state index contributed by atoms with van der Waals surface area (Å²) in [6, 6.07) is 0.330. The van der Waals surface area contributed by atoms with E-state index in [2.05, 4.69) is 37.9 Å². The van der Waals surface area contributed by atoms with Crippen molar-refractivity contribution in [2.75, 3.05) is 26.2 Å². The maximum atomic E-state index is 12.9. The molecular formula is C52H102N2O5. The predicted molar refractivity (Wildman–Crippen MR) is 253 cm³/mol. The molecule has 1 unspecified atom stereocenters. The molecule has 0 bridgehead atoms. The molecule has 1 aliphatic rings. The Morgan fingerprint density at radius 2 is 0.881 bits per heavy atom. The van der Waals surface area contributed by atoms with Crippen molar-refractivity contribution >= 4 is 18.3 Å². The van der Waals surface area contributed by atoms with Crippen LogP contribution in [0.4, 0.5) is 0 Å². The van der Waals surface area contributed by atoms with Crippen LogP contribution in [0.5, 0.6) is 0 Å². The lowest BCUT2D eigenvalue weighted by Crippen LogP contribution is -2.36. The van der Waals surface area contributed by atoms with Crippen LogP contribution < -0.4 is 5.32 Å². The Hall–Kier alpha value is -1.63. The van der Waals surface area contributed by atoms with Crippen LogP contribution in [-0.4, -0.2) is 60.6 Å². The minimum atomic E-state index is -0.250. The molecule has 1 amide bonds. The molecule has 0 aromatic rings. The summed E-state index contributed by atoms with van der Waals surface area (Å²) in [5, 5.41) is 10.4. The highest BCUT2D eigenvalue weighted by Crippen LogP contribution is 2.25. The fourth-order valence-electron chi connectivity index (χ4n) is 9.12. The van der Waals surface area contributed by atoms with Crippen molar-refractivity contribution in [1.82, 2.24) is 10.2 Å². The second kappa shape index (κ2) is 45.9. The number of hydrogen-bond acceptors (Lipinski definition) is 5. The van der Waals surface area contributed by atoms with Gasteiger partial charge in [-0.05, 0) is 63.5 Å². The molecule has 1 atom stereocenters. The normalized spacial score (nSPS) is 13.5. The summed E-state index contributed by atoms with van der Waals surface area (Å²) in [6.45, 7) is 12.8. The number of carbonyl (C=O) groups is 3. The third-order valence-electron chi connectivity index (χ3n) is 13.0. The van der Waals surface area contributed by atoms with E-state index in [1.54, 1.807) is 0 Å². The van der Waals surface area contributed by atoms with Gasteiger partial charge in [-0.2, -0.15) is 0 Å². The Labute approximate surface area is 367 Å². The van der Waals surface area contributed by atoms with Crippen LogP contribution in [0.25, 0.3) is 0 Å². The lowest BCUT2D eigenvalue weighted by Gasteiger charge is -2.20. The van der Waals surface area contributed by atoms with Crippen LogP contribution in [0.1, 0.15) is 272 Å². The molecule has 7 heteroatoms. The number of nitrogens with one attached hydrogen (secondary N) is 1. The fourth-order valence-corrected chi connectivity index (χ4v) is 9.12. The van der Waals surface area contributed by atoms with E-state index < -0.39 is 0 Å². The van der Waals surface area contributed by atoms with Crippen LogP contribution in [0.15, 0.2) is 0 Å². The molecule has 350 valence electrons. The van der Waals surface area contributed by atoms with Gasteiger partial charge in [0, 0.05) is 25.4 Å². The molecule has 1 saturated heterocycles. The van der Waals surface area contributed by atoms with Crippen molar-refractivity contribution in [3.05, 3.63) is 0 Å². The monoisotopic (exact) mass is 835 g/mol. The lowest BCUT2D eigenvalue weighted by atomic mass is 9.90. The molecule has 0 aromatic carbocycles. The smallest absolute Gasteiger partial charge is 0.305 e. The van der Waals surface area contributed by atoms with Gasteiger partial charge in [-0.15, -0.1) is 0 Å². The molecule has 0 aliphatic carbocycles. The Bertz CT molecular complexity index is 874. The Morgan fingerprint density at radius 3 is 1.31 bits per heavy atom. The van der Waals surface area contributed by atoms with Crippen LogP contribution in [-0.2, 0) is 19.1 Å². The zero-order valence-electron chi connectivity index (χ0n) is 40.0. The zero-order valence-corrected chi connectivity index (χ0v) is 40.0. The number of likely N-dealkylation sites (tertiary alicyclic amines) is 1. The molecule has 0 saturated carbocycles. The van der Waals surface area contributed by atoms with Crippen LogP contribution in [0, 0.1) is 11.8 Å². The van der Waals surface area contributed by atoms with Gasteiger partial charge in [-0.25, -0.2) is 0 Å². The molecule has 0 aromatic heterocycles. The number of amides is 1. The van der Waals surface area contributed by atoms with E-state index in [9.17, 15) is 9.59 Å². The highest BCUT2D eigenvalue weighted by atomic mass is 16.5. The van der Waals surface area contributed by atoms with Gasteiger partial charge in [0.25, 0.3) is 6.47 Å². The first kappa shape index (κ1) is 57.4. The SMILES string of the molecule is CCCCCC(CCCCC)CCCCCCCCCCC(CCCCCCCCC(=O)OCCC(CCCCC)CCCCC)NC(=O)CCN1CCCC1.O=CO. The maximum absolute atomic E-state index is 12.9. The molecule has 1 rings (SSSR count). The number of nitrogens with zero attached hydrogens (tertiary/aromatic N) is 1. The minimum absolute atomic E-state index is 0.00358. The molecule has 1 aliphatic heterocycles. The van der Waals surface area contributed by atoms with Gasteiger partial charge in [0.2, 0.25) is 5.91 Å². The highest BCUT2D eigenvalue weighted by Gasteiger charge is 2.16. The number of unbranched alkanes of at least 4 members (excludes halogenated alkanes) is 20. The topological polar surface area (TPSA) is 95.9 Å². The summed E-state index contributed by atoms with van der Waals surface area (Å²) in [6.07, 6.45) is 48.1. The number of hydrogen-bond donors (Lipinski definition) is 2. The summed E-state index contributed by atoms with van der Waals surface area (Å²) in [7, 11) is 0. The first-order valence-corrected chi connectivity index (χ1v) is 26.2. The van der Waals surface area contributed by atoms with Crippen molar-refractivity contribution in [3.8, 4) is 0 Å². The average molecular weight is 835 g/mol. The Balaban J connectivity index is 0.0000108. The van der Waals surface area contributed by atoms with Crippen molar-refractivity contribution in [2.24, 2.45) is 11.8 Å². The van der Waals surface area contributed by atoms with Crippen molar-refractivity contribution in [1.29, 1.82) is 0 Å². The number of ether oxygens (including phenoxy) is 1. The second-order valence-electron chi connectivity index (χ2n) is 18.5. The number of rotatable bonds is 43.